The standard InChI is InChI=1S/C13H8NS.ClH.Mg/c1-2-6-10(7-3-1)13-14-11-8-4-5-9-12(11)15-13;;/h1-6,8-9H;1H;/q-1;;+2/p-1. The van der Waals surface area contributed by atoms with Crippen LogP contribution in [0.15, 0.2) is 48.5 Å². The van der Waals surface area contributed by atoms with Gasteiger partial charge in [-0.15, -0.1) is 35.9 Å². The molecule has 1 aromatic heterocycles. The van der Waals surface area contributed by atoms with Gasteiger partial charge in [-0.25, -0.2) is 0 Å². The first kappa shape index (κ1) is 14.4. The van der Waals surface area contributed by atoms with Gasteiger partial charge in [0.2, 0.25) is 0 Å². The minimum atomic E-state index is 0. The van der Waals surface area contributed by atoms with Crippen LogP contribution in [0.25, 0.3) is 20.8 Å². The zero-order valence-corrected chi connectivity index (χ0v) is 12.0. The molecule has 0 aliphatic carbocycles. The first-order valence-corrected chi connectivity index (χ1v) is 5.58. The van der Waals surface area contributed by atoms with E-state index in [-0.39, 0.29) is 35.5 Å². The molecule has 3 rings (SSSR count). The predicted molar refractivity (Wildman–Crippen MR) is 69.6 cm³/mol. The SMILES string of the molecule is [Cl-].[Mg+2].[c-]1ccccc1-c1nc2ccccc2s1. The maximum atomic E-state index is 4.57. The summed E-state index contributed by atoms with van der Waals surface area (Å²) in [4.78, 5) is 4.57. The number of halogens is 1. The van der Waals surface area contributed by atoms with E-state index in [0.29, 0.717) is 0 Å². The van der Waals surface area contributed by atoms with Crippen molar-refractivity contribution >= 4 is 44.6 Å². The summed E-state index contributed by atoms with van der Waals surface area (Å²) in [5.41, 5.74) is 2.13. The van der Waals surface area contributed by atoms with Crippen molar-refractivity contribution in [2.45, 2.75) is 0 Å². The molecule has 0 bridgehead atoms. The first-order chi connectivity index (χ1) is 7.43. The minimum Gasteiger partial charge on any atom is -1.00 e. The molecule has 0 saturated carbocycles. The molecule has 0 aliphatic heterocycles. The summed E-state index contributed by atoms with van der Waals surface area (Å²) in [6, 6.07) is 19.3. The molecule has 3 aromatic rings. The molecular weight excluding hydrogens is 262 g/mol. The van der Waals surface area contributed by atoms with E-state index in [4.69, 9.17) is 0 Å². The van der Waals surface area contributed by atoms with E-state index in [2.05, 4.69) is 17.1 Å². The van der Waals surface area contributed by atoms with Gasteiger partial charge in [0.15, 0.2) is 0 Å². The third kappa shape index (κ3) is 2.99. The summed E-state index contributed by atoms with van der Waals surface area (Å²) in [6.07, 6.45) is 0. The van der Waals surface area contributed by atoms with Gasteiger partial charge in [0, 0.05) is 9.71 Å². The molecule has 2 aromatic carbocycles. The van der Waals surface area contributed by atoms with Gasteiger partial charge in [-0.3, -0.25) is 4.98 Å². The smallest absolute Gasteiger partial charge is 1.00 e. The second-order valence-electron chi connectivity index (χ2n) is 3.26. The maximum Gasteiger partial charge on any atom is 2.00 e. The van der Waals surface area contributed by atoms with Gasteiger partial charge in [-0.05, 0) is 12.1 Å². The molecule has 0 amide bonds. The Kier molecular flexibility index (Phi) is 5.40. The Balaban J connectivity index is 0.000000722. The molecule has 80 valence electrons. The Hall–Kier alpha value is -0.614. The largest absolute Gasteiger partial charge is 2.00 e. The third-order valence-corrected chi connectivity index (χ3v) is 3.30. The monoisotopic (exact) mass is 269 g/mol. The number of rotatable bonds is 1. The van der Waals surface area contributed by atoms with Crippen LogP contribution in [0.2, 0.25) is 0 Å². The van der Waals surface area contributed by atoms with E-state index >= 15 is 0 Å². The Morgan fingerprint density at radius 1 is 1.00 bits per heavy atom. The summed E-state index contributed by atoms with van der Waals surface area (Å²) in [6.45, 7) is 0. The van der Waals surface area contributed by atoms with E-state index in [9.17, 15) is 0 Å². The topological polar surface area (TPSA) is 12.9 Å². The maximum absolute atomic E-state index is 4.57. The van der Waals surface area contributed by atoms with Gasteiger partial charge in [-0.1, -0.05) is 12.1 Å². The van der Waals surface area contributed by atoms with Crippen molar-refractivity contribution in [1.29, 1.82) is 0 Å². The Bertz CT molecular complexity index is 561. The number of hydrogen-bond donors (Lipinski definition) is 0. The van der Waals surface area contributed by atoms with Crippen LogP contribution >= 0.6 is 11.3 Å². The fraction of sp³-hybridized carbons (Fsp3) is 0. The first-order valence-electron chi connectivity index (χ1n) is 4.76. The van der Waals surface area contributed by atoms with Gasteiger partial charge in [0.05, 0.1) is 5.52 Å². The summed E-state index contributed by atoms with van der Waals surface area (Å²) >= 11 is 1.71. The zero-order valence-electron chi connectivity index (χ0n) is 9.06. The average Bonchev–Trinajstić information content (AvgIpc) is 2.74. The Labute approximate surface area is 126 Å². The number of fused-ring (bicyclic) bond motifs is 1. The van der Waals surface area contributed by atoms with E-state index in [1.165, 1.54) is 4.70 Å². The molecule has 0 unspecified atom stereocenters. The minimum absolute atomic E-state index is 0. The molecular formula is C13H8ClMgNS. The van der Waals surface area contributed by atoms with Crippen LogP contribution in [0, 0.1) is 6.07 Å². The zero-order chi connectivity index (χ0) is 10.1. The molecule has 0 fully saturated rings. The van der Waals surface area contributed by atoms with Crippen LogP contribution < -0.4 is 12.4 Å². The van der Waals surface area contributed by atoms with Gasteiger partial charge in [0.1, 0.15) is 0 Å². The fourth-order valence-corrected chi connectivity index (χ4v) is 2.47. The molecule has 1 nitrogen and oxygen atoms in total. The van der Waals surface area contributed by atoms with E-state index in [1.54, 1.807) is 11.3 Å². The van der Waals surface area contributed by atoms with Gasteiger partial charge in [0.25, 0.3) is 0 Å². The molecule has 0 radical (unpaired) electrons. The van der Waals surface area contributed by atoms with Crippen LogP contribution in [0.4, 0.5) is 0 Å². The van der Waals surface area contributed by atoms with Crippen LogP contribution in [0.3, 0.4) is 0 Å². The molecule has 0 saturated heterocycles. The van der Waals surface area contributed by atoms with Crippen molar-refractivity contribution < 1.29 is 12.4 Å². The number of hydrogen-bond acceptors (Lipinski definition) is 2. The molecule has 4 heteroatoms. The number of aromatic nitrogens is 1. The van der Waals surface area contributed by atoms with Crippen molar-refractivity contribution in [3.05, 3.63) is 54.6 Å². The number of thiazole rings is 1. The van der Waals surface area contributed by atoms with E-state index < -0.39 is 0 Å². The molecule has 0 aliphatic rings. The van der Waals surface area contributed by atoms with Crippen LogP contribution in [0.5, 0.6) is 0 Å². The normalized spacial score (nSPS) is 9.41. The Morgan fingerprint density at radius 3 is 2.47 bits per heavy atom. The number of para-hydroxylation sites is 1. The summed E-state index contributed by atoms with van der Waals surface area (Å²) in [5, 5.41) is 1.04. The van der Waals surface area contributed by atoms with Crippen molar-refractivity contribution in [2.75, 3.05) is 0 Å². The van der Waals surface area contributed by atoms with E-state index in [1.807, 2.05) is 42.5 Å². The van der Waals surface area contributed by atoms with Crippen molar-refractivity contribution in [3.8, 4) is 10.6 Å². The van der Waals surface area contributed by atoms with Crippen molar-refractivity contribution in [3.63, 3.8) is 0 Å². The molecule has 17 heavy (non-hydrogen) atoms. The fourth-order valence-electron chi connectivity index (χ4n) is 1.51. The summed E-state index contributed by atoms with van der Waals surface area (Å²) in [7, 11) is 0. The second-order valence-corrected chi connectivity index (χ2v) is 4.29. The molecule has 0 atom stereocenters. The summed E-state index contributed by atoms with van der Waals surface area (Å²) < 4.78 is 1.23. The quantitative estimate of drug-likeness (QED) is 0.460. The number of nitrogens with zero attached hydrogens (tertiary/aromatic N) is 1. The molecule has 1 heterocycles. The molecule has 0 N–H and O–H groups in total. The van der Waals surface area contributed by atoms with Crippen molar-refractivity contribution in [1.82, 2.24) is 4.98 Å². The van der Waals surface area contributed by atoms with Crippen LogP contribution in [0.1, 0.15) is 0 Å². The Morgan fingerprint density at radius 2 is 1.76 bits per heavy atom. The number of benzene rings is 2. The second kappa shape index (κ2) is 6.35. The van der Waals surface area contributed by atoms with Gasteiger partial charge < -0.3 is 12.4 Å². The molecule has 0 spiro atoms. The van der Waals surface area contributed by atoms with Crippen molar-refractivity contribution in [2.24, 2.45) is 0 Å². The predicted octanol–water partition coefficient (Wildman–Crippen LogP) is 0.387. The van der Waals surface area contributed by atoms with E-state index in [0.717, 1.165) is 16.1 Å². The van der Waals surface area contributed by atoms with Crippen LogP contribution in [-0.2, 0) is 0 Å². The average molecular weight is 270 g/mol. The van der Waals surface area contributed by atoms with Gasteiger partial charge in [-0.2, -0.15) is 11.3 Å². The third-order valence-electron chi connectivity index (χ3n) is 2.23. The van der Waals surface area contributed by atoms with Crippen LogP contribution in [-0.4, -0.2) is 28.0 Å². The summed E-state index contributed by atoms with van der Waals surface area (Å²) in [5.74, 6) is 0. The van der Waals surface area contributed by atoms with Gasteiger partial charge >= 0.3 is 23.1 Å².